The highest BCUT2D eigenvalue weighted by Crippen LogP contribution is 2.16. The van der Waals surface area contributed by atoms with Crippen molar-refractivity contribution < 1.29 is 9.59 Å². The Morgan fingerprint density at radius 2 is 1.45 bits per heavy atom. The summed E-state index contributed by atoms with van der Waals surface area (Å²) >= 11 is 0. The Labute approximate surface area is 129 Å². The van der Waals surface area contributed by atoms with Gasteiger partial charge in [-0.25, -0.2) is 4.79 Å². The minimum atomic E-state index is -0.285. The van der Waals surface area contributed by atoms with Crippen molar-refractivity contribution in [3.8, 4) is 0 Å². The van der Waals surface area contributed by atoms with Crippen molar-refractivity contribution in [1.82, 2.24) is 5.32 Å². The molecule has 2 rings (SSSR count). The van der Waals surface area contributed by atoms with E-state index in [1.54, 1.807) is 31.3 Å². The van der Waals surface area contributed by atoms with Crippen molar-refractivity contribution in [2.45, 2.75) is 13.8 Å². The Balaban J connectivity index is 2.07. The van der Waals surface area contributed by atoms with Crippen molar-refractivity contribution in [2.24, 2.45) is 0 Å². The Hall–Kier alpha value is -2.82. The number of benzene rings is 2. The van der Waals surface area contributed by atoms with Crippen molar-refractivity contribution in [2.75, 3.05) is 17.7 Å². The smallest absolute Gasteiger partial charge is 0.318 e. The van der Waals surface area contributed by atoms with Gasteiger partial charge in [-0.3, -0.25) is 4.79 Å². The zero-order chi connectivity index (χ0) is 16.1. The number of aryl methyl sites for hydroxylation is 2. The van der Waals surface area contributed by atoms with Gasteiger partial charge in [0.1, 0.15) is 0 Å². The third-order valence-electron chi connectivity index (χ3n) is 3.25. The van der Waals surface area contributed by atoms with Gasteiger partial charge in [-0.2, -0.15) is 0 Å². The molecule has 0 heterocycles. The molecule has 0 aliphatic rings. The van der Waals surface area contributed by atoms with Gasteiger partial charge in [0.25, 0.3) is 5.91 Å². The van der Waals surface area contributed by atoms with Gasteiger partial charge >= 0.3 is 6.03 Å². The van der Waals surface area contributed by atoms with Crippen molar-refractivity contribution in [1.29, 1.82) is 0 Å². The predicted molar refractivity (Wildman–Crippen MR) is 88.4 cm³/mol. The first kappa shape index (κ1) is 15.6. The van der Waals surface area contributed by atoms with Crippen LogP contribution in [0.2, 0.25) is 0 Å². The van der Waals surface area contributed by atoms with Crippen LogP contribution in [0.1, 0.15) is 21.5 Å². The van der Waals surface area contributed by atoms with E-state index in [-0.39, 0.29) is 11.9 Å². The molecule has 5 nitrogen and oxygen atoms in total. The minimum absolute atomic E-state index is 0.149. The van der Waals surface area contributed by atoms with Crippen LogP contribution in [0, 0.1) is 13.8 Å². The highest BCUT2D eigenvalue weighted by molar-refractivity contribution is 6.05. The highest BCUT2D eigenvalue weighted by atomic mass is 16.2. The van der Waals surface area contributed by atoms with Crippen LogP contribution in [0.25, 0.3) is 0 Å². The number of nitrogens with one attached hydrogen (secondary N) is 3. The van der Waals surface area contributed by atoms with E-state index < -0.39 is 0 Å². The Morgan fingerprint density at radius 1 is 0.864 bits per heavy atom. The van der Waals surface area contributed by atoms with Crippen LogP contribution < -0.4 is 16.0 Å². The Morgan fingerprint density at radius 3 is 2.00 bits per heavy atom. The summed E-state index contributed by atoms with van der Waals surface area (Å²) in [7, 11) is 1.55. The van der Waals surface area contributed by atoms with E-state index in [1.807, 2.05) is 32.0 Å². The van der Waals surface area contributed by atoms with Crippen molar-refractivity contribution in [3.63, 3.8) is 0 Å². The molecule has 0 fully saturated rings. The molecule has 3 N–H and O–H groups in total. The van der Waals surface area contributed by atoms with E-state index in [4.69, 9.17) is 0 Å². The van der Waals surface area contributed by atoms with Gasteiger partial charge in [0.05, 0.1) is 0 Å². The van der Waals surface area contributed by atoms with Gasteiger partial charge in [0.2, 0.25) is 0 Å². The molecule has 0 radical (unpaired) electrons. The maximum Gasteiger partial charge on any atom is 0.318 e. The van der Waals surface area contributed by atoms with Crippen LogP contribution in [0.4, 0.5) is 16.2 Å². The molecule has 5 heteroatoms. The molecule has 22 heavy (non-hydrogen) atoms. The fourth-order valence-corrected chi connectivity index (χ4v) is 2.10. The largest absolute Gasteiger partial charge is 0.341 e. The lowest BCUT2D eigenvalue weighted by atomic mass is 10.1. The topological polar surface area (TPSA) is 70.2 Å². The van der Waals surface area contributed by atoms with Crippen LogP contribution in [0.3, 0.4) is 0 Å². The third-order valence-corrected chi connectivity index (χ3v) is 3.25. The molecule has 0 aliphatic heterocycles. The molecule has 3 amide bonds. The summed E-state index contributed by atoms with van der Waals surface area (Å²) in [5.74, 6) is -0.149. The SMILES string of the molecule is CNC(=O)Nc1ccc(NC(=O)c2ccc(C)cc2C)cc1. The first-order chi connectivity index (χ1) is 10.5. The summed E-state index contributed by atoms with van der Waals surface area (Å²) < 4.78 is 0. The fraction of sp³-hybridized carbons (Fsp3) is 0.176. The summed E-state index contributed by atoms with van der Waals surface area (Å²) in [6.07, 6.45) is 0. The van der Waals surface area contributed by atoms with Crippen LogP contribution in [0.15, 0.2) is 42.5 Å². The first-order valence-corrected chi connectivity index (χ1v) is 6.97. The zero-order valence-corrected chi connectivity index (χ0v) is 12.9. The summed E-state index contributed by atoms with van der Waals surface area (Å²) in [4.78, 5) is 23.5. The number of anilines is 2. The average Bonchev–Trinajstić information content (AvgIpc) is 2.49. The summed E-state index contributed by atoms with van der Waals surface area (Å²) in [6.45, 7) is 3.91. The van der Waals surface area contributed by atoms with E-state index in [9.17, 15) is 9.59 Å². The molecule has 0 bridgehead atoms. The van der Waals surface area contributed by atoms with E-state index >= 15 is 0 Å². The van der Waals surface area contributed by atoms with Crippen LogP contribution in [-0.4, -0.2) is 19.0 Å². The van der Waals surface area contributed by atoms with Gasteiger partial charge < -0.3 is 16.0 Å². The monoisotopic (exact) mass is 297 g/mol. The van der Waals surface area contributed by atoms with E-state index in [2.05, 4.69) is 16.0 Å². The minimum Gasteiger partial charge on any atom is -0.341 e. The van der Waals surface area contributed by atoms with Gasteiger partial charge in [-0.1, -0.05) is 17.7 Å². The van der Waals surface area contributed by atoms with Crippen molar-refractivity contribution in [3.05, 3.63) is 59.2 Å². The quantitative estimate of drug-likeness (QED) is 0.813. The second kappa shape index (κ2) is 6.76. The van der Waals surface area contributed by atoms with Crippen LogP contribution in [-0.2, 0) is 0 Å². The Kier molecular flexibility index (Phi) is 4.78. The van der Waals surface area contributed by atoms with Crippen molar-refractivity contribution >= 4 is 23.3 Å². The van der Waals surface area contributed by atoms with Gasteiger partial charge in [-0.05, 0) is 49.7 Å². The maximum atomic E-state index is 12.3. The summed E-state index contributed by atoms with van der Waals surface area (Å²) in [5, 5.41) is 7.97. The molecule has 2 aromatic rings. The number of hydrogen-bond acceptors (Lipinski definition) is 2. The number of hydrogen-bond donors (Lipinski definition) is 3. The highest BCUT2D eigenvalue weighted by Gasteiger charge is 2.09. The number of amides is 3. The molecule has 0 aliphatic carbocycles. The van der Waals surface area contributed by atoms with Crippen LogP contribution in [0.5, 0.6) is 0 Å². The number of urea groups is 1. The molecule has 0 atom stereocenters. The first-order valence-electron chi connectivity index (χ1n) is 6.97. The molecule has 0 aromatic heterocycles. The summed E-state index contributed by atoms with van der Waals surface area (Å²) in [6, 6.07) is 12.4. The lowest BCUT2D eigenvalue weighted by molar-refractivity contribution is 0.102. The molecule has 0 saturated carbocycles. The van der Waals surface area contributed by atoms with Crippen LogP contribution >= 0.6 is 0 Å². The lowest BCUT2D eigenvalue weighted by Gasteiger charge is -2.09. The standard InChI is InChI=1S/C17H19N3O2/c1-11-4-9-15(12(2)10-11)16(21)19-13-5-7-14(8-6-13)20-17(22)18-3/h4-10H,1-3H3,(H,19,21)(H2,18,20,22). The molecule has 0 spiro atoms. The summed E-state index contributed by atoms with van der Waals surface area (Å²) in [5.41, 5.74) is 4.04. The molecular formula is C17H19N3O2. The van der Waals surface area contributed by atoms with E-state index in [0.29, 0.717) is 16.9 Å². The van der Waals surface area contributed by atoms with E-state index in [0.717, 1.165) is 11.1 Å². The molecule has 114 valence electrons. The van der Waals surface area contributed by atoms with Gasteiger partial charge in [0.15, 0.2) is 0 Å². The fourth-order valence-electron chi connectivity index (χ4n) is 2.10. The average molecular weight is 297 g/mol. The Bertz CT molecular complexity index is 694. The maximum absolute atomic E-state index is 12.3. The molecule has 2 aromatic carbocycles. The number of rotatable bonds is 3. The predicted octanol–water partition coefficient (Wildman–Crippen LogP) is 3.31. The second-order valence-electron chi connectivity index (χ2n) is 5.05. The molecule has 0 unspecified atom stereocenters. The third kappa shape index (κ3) is 3.85. The second-order valence-corrected chi connectivity index (χ2v) is 5.05. The normalized spacial score (nSPS) is 9.95. The number of carbonyl (C=O) groups excluding carboxylic acids is 2. The molecular weight excluding hydrogens is 278 g/mol. The van der Waals surface area contributed by atoms with E-state index in [1.165, 1.54) is 0 Å². The lowest BCUT2D eigenvalue weighted by Crippen LogP contribution is -2.24. The van der Waals surface area contributed by atoms with Gasteiger partial charge in [-0.15, -0.1) is 0 Å². The molecule has 0 saturated heterocycles. The zero-order valence-electron chi connectivity index (χ0n) is 12.9. The van der Waals surface area contributed by atoms with Gasteiger partial charge in [0, 0.05) is 24.0 Å². The number of carbonyl (C=O) groups is 2.